The Morgan fingerprint density at radius 3 is 0.942 bits per heavy atom. The summed E-state index contributed by atoms with van der Waals surface area (Å²) in [5, 5.41) is 12.9. The summed E-state index contributed by atoms with van der Waals surface area (Å²) in [5.41, 5.74) is 26.4. The van der Waals surface area contributed by atoms with Crippen LogP contribution in [0.1, 0.15) is 173 Å². The van der Waals surface area contributed by atoms with Crippen LogP contribution in [0.3, 0.4) is 0 Å². The number of rotatable bonds is 14. The zero-order valence-electron chi connectivity index (χ0n) is 84.8. The summed E-state index contributed by atoms with van der Waals surface area (Å²) in [5.74, 6) is 3.64. The maximum absolute atomic E-state index is 6.31. The van der Waals surface area contributed by atoms with Gasteiger partial charge in [-0.3, -0.25) is 4.90 Å². The molecule has 24 rings (SSSR count). The molecule has 0 aliphatic carbocycles. The molecule has 20 heteroatoms. The van der Waals surface area contributed by atoms with Gasteiger partial charge in [-0.1, -0.05) is 157 Å². The van der Waals surface area contributed by atoms with E-state index in [0.29, 0.717) is 12.1 Å². The maximum atomic E-state index is 6.31. The van der Waals surface area contributed by atoms with Crippen LogP contribution >= 0.6 is 11.3 Å². The SMILES string of the molecule is Cc1ccc2oc3ccccc3c2c1C(C)(C)N1c2ccccc2N(c2c[n+](C(C)C)c(C)n2C)[C@H]1C.Cc1ccc2oc3ccccc3c2c1C(C)(C)N1c2ccccc2N(c2cc[n+](C(C)C)n2C)[C@H]1C.Cc1ccc2oc3ccccc3c2c1C(C)(C)N1c2ccccc2N(c2occ[n+]2C)[C@H]1C.Cc1ccc2oc3ccccc3c2c1C(C)(C)N1c2ccccc2N(c2scc[n+]2C)[C@H]1C. The average molecular weight is 1870 g/mol. The highest BCUT2D eigenvalue weighted by atomic mass is 32.1. The van der Waals surface area contributed by atoms with Crippen molar-refractivity contribution in [3.8, 4) is 0 Å². The number of para-hydroxylation sites is 12. The van der Waals surface area contributed by atoms with Crippen LogP contribution in [0.15, 0.2) is 307 Å². The first-order valence-corrected chi connectivity index (χ1v) is 49.9. The third kappa shape index (κ3) is 14.2. The van der Waals surface area contributed by atoms with Crippen molar-refractivity contribution in [2.75, 3.05) is 39.2 Å². The molecule has 0 radical (unpaired) electrons. The van der Waals surface area contributed by atoms with Crippen LogP contribution in [0, 0.1) is 34.6 Å². The summed E-state index contributed by atoms with van der Waals surface area (Å²) in [6.45, 7) is 48.0. The molecule has 19 nitrogen and oxygen atoms in total. The predicted molar refractivity (Wildman–Crippen MR) is 570 cm³/mol. The van der Waals surface area contributed by atoms with E-state index >= 15 is 0 Å². The van der Waals surface area contributed by atoms with Crippen molar-refractivity contribution >= 4 is 167 Å². The van der Waals surface area contributed by atoms with Crippen LogP contribution in [0.5, 0.6) is 0 Å². The van der Waals surface area contributed by atoms with E-state index in [-0.39, 0.29) is 46.8 Å². The largest absolute Gasteiger partial charge is 0.463 e. The number of hydrogen-bond donors (Lipinski definition) is 0. The van der Waals surface area contributed by atoms with E-state index in [2.05, 4.69) is 471 Å². The van der Waals surface area contributed by atoms with Crippen molar-refractivity contribution in [2.45, 2.75) is 204 Å². The number of benzene rings is 12. The maximum Gasteiger partial charge on any atom is 0.463 e. The minimum absolute atomic E-state index is 0.0440. The van der Waals surface area contributed by atoms with Crippen LogP contribution in [0.2, 0.25) is 0 Å². The smallest absolute Gasteiger partial charge is 0.456 e. The molecule has 0 spiro atoms. The third-order valence-corrected chi connectivity index (χ3v) is 31.4. The normalized spacial score (nSPS) is 16.1. The van der Waals surface area contributed by atoms with Crippen molar-refractivity contribution in [3.05, 3.63) is 335 Å². The van der Waals surface area contributed by atoms with E-state index in [1.807, 2.05) is 48.1 Å². The molecule has 12 heterocycles. The molecule has 139 heavy (non-hydrogen) atoms. The van der Waals surface area contributed by atoms with Crippen LogP contribution < -0.4 is 57.6 Å². The van der Waals surface area contributed by atoms with E-state index < -0.39 is 0 Å². The molecule has 0 amide bonds. The number of aryl methyl sites for hydroxylation is 6. The lowest BCUT2D eigenvalue weighted by Gasteiger charge is -2.43. The second-order valence-electron chi connectivity index (χ2n) is 41.0. The number of fused-ring (bicyclic) bond motifs is 16. The van der Waals surface area contributed by atoms with Gasteiger partial charge in [0, 0.05) is 55.4 Å². The molecule has 8 aromatic heterocycles. The van der Waals surface area contributed by atoms with Crippen LogP contribution in [-0.4, -0.2) is 33.9 Å². The standard InChI is InChI=1S/C32H37N4O.C31H35N4O.C28H28N3O2.C28H28N3OS/c1-20(2)34-19-29(33(8)22(34)4)35-23(5)36(26-15-11-10-14-25(26)35)32(6,7)31-21(3)17-18-28-30(31)24-13-9-12-16-27(24)37-28;1-20(2)33-19-18-28(32(33)7)34-22(4)35(25-14-10-9-13-24(25)34)31(5,6)30-21(3)16-17-27-29(30)23-12-8-11-15-26(23)36-27;1-18-14-15-24-25(20-10-6-9-13-23(20)33-24)26(18)28(3,4)31-19(2)30(27-29(5)16-17-32-27)21-11-7-8-12-22(21)31;1-18-14-15-24-25(20-10-6-9-13-23(20)32-24)26(18)28(3,4)31-19(2)30(27-29(5)16-17-33-27)21-11-7-8-12-22(21)31/h9-20,23H,1-8H3;8-20,22H,1-7H3;2*6-17,19H,1-5H3/q4*+1/t23-;22-;2*19-/m1111/s1. The molecule has 4 aliphatic heterocycles. The van der Waals surface area contributed by atoms with Gasteiger partial charge in [0.2, 0.25) is 5.82 Å². The average Bonchev–Trinajstić information content (AvgIpc) is 1.58. The zero-order chi connectivity index (χ0) is 97.4. The van der Waals surface area contributed by atoms with Crippen molar-refractivity contribution in [1.29, 1.82) is 0 Å². The molecule has 12 aromatic carbocycles. The van der Waals surface area contributed by atoms with E-state index in [1.165, 1.54) is 145 Å². The van der Waals surface area contributed by atoms with Gasteiger partial charge in [-0.25, -0.2) is 18.3 Å². The number of anilines is 12. The number of nitrogens with zero attached hydrogens (tertiary/aromatic N) is 14. The van der Waals surface area contributed by atoms with Gasteiger partial charge < -0.3 is 46.6 Å². The van der Waals surface area contributed by atoms with E-state index in [4.69, 9.17) is 22.1 Å². The van der Waals surface area contributed by atoms with E-state index in [9.17, 15) is 0 Å². The molecule has 4 aliphatic rings. The van der Waals surface area contributed by atoms with Gasteiger partial charge in [-0.15, -0.1) is 9.36 Å². The Kier molecular flexibility index (Phi) is 22.2. The number of furan rings is 4. The first kappa shape index (κ1) is 90.9. The minimum Gasteiger partial charge on any atom is -0.456 e. The summed E-state index contributed by atoms with van der Waals surface area (Å²) in [6, 6.07) is 89.6. The highest BCUT2D eigenvalue weighted by Gasteiger charge is 2.54. The van der Waals surface area contributed by atoms with Crippen LogP contribution in [0.25, 0.3) is 87.8 Å². The molecule has 20 aromatic rings. The first-order valence-electron chi connectivity index (χ1n) is 49.0. The van der Waals surface area contributed by atoms with Crippen molar-refractivity contribution in [1.82, 2.24) is 9.25 Å². The molecule has 0 saturated carbocycles. The Hall–Kier alpha value is -14.5. The van der Waals surface area contributed by atoms with E-state index in [0.717, 1.165) is 61.8 Å². The minimum atomic E-state index is -0.328. The number of imidazole rings is 1. The highest BCUT2D eigenvalue weighted by Crippen LogP contribution is 2.58. The molecule has 706 valence electrons. The zero-order valence-corrected chi connectivity index (χ0v) is 85.6. The molecule has 0 N–H and O–H groups in total. The fourth-order valence-electron chi connectivity index (χ4n) is 24.8. The lowest BCUT2D eigenvalue weighted by atomic mass is 9.84. The van der Waals surface area contributed by atoms with Gasteiger partial charge in [0.15, 0.2) is 48.0 Å². The van der Waals surface area contributed by atoms with E-state index in [1.54, 1.807) is 17.6 Å². The number of thiazole rings is 1. The Morgan fingerprint density at radius 2 is 0.633 bits per heavy atom. The molecule has 0 bridgehead atoms. The summed E-state index contributed by atoms with van der Waals surface area (Å²) in [4.78, 5) is 20.0. The lowest BCUT2D eigenvalue weighted by Crippen LogP contribution is -2.51. The second-order valence-corrected chi connectivity index (χ2v) is 41.8. The monoisotopic (exact) mass is 1860 g/mol. The fourth-order valence-corrected chi connectivity index (χ4v) is 25.8. The lowest BCUT2D eigenvalue weighted by molar-refractivity contribution is -0.789. The number of oxazole rings is 1. The molecule has 4 atom stereocenters. The van der Waals surface area contributed by atoms with Crippen LogP contribution in [-0.2, 0) is 50.3 Å². The quantitative estimate of drug-likeness (QED) is 0.0963. The summed E-state index contributed by atoms with van der Waals surface area (Å²) >= 11 is 1.78. The Labute approximate surface area is 818 Å². The topological polar surface area (TPSA) is 117 Å². The Morgan fingerprint density at radius 1 is 0.324 bits per heavy atom. The molecular formula is C119H128N14O5S+4. The van der Waals surface area contributed by atoms with Crippen molar-refractivity contribution in [2.24, 2.45) is 28.2 Å². The molecule has 0 fully saturated rings. The van der Waals surface area contributed by atoms with Gasteiger partial charge in [0.05, 0.1) is 96.6 Å². The first-order chi connectivity index (χ1) is 66.6. The molecule has 0 unspecified atom stereocenters. The molecule has 0 saturated heterocycles. The van der Waals surface area contributed by atoms with Gasteiger partial charge in [-0.2, -0.15) is 9.80 Å². The van der Waals surface area contributed by atoms with Crippen molar-refractivity contribution < 1.29 is 40.5 Å². The molecular weight excluding hydrogens is 1740 g/mol. The van der Waals surface area contributed by atoms with Crippen molar-refractivity contribution in [3.63, 3.8) is 0 Å². The fraction of sp³-hybridized carbons (Fsp3) is 0.294. The highest BCUT2D eigenvalue weighted by molar-refractivity contribution is 7.13. The van der Waals surface area contributed by atoms with Gasteiger partial charge >= 0.3 is 11.1 Å². The third-order valence-electron chi connectivity index (χ3n) is 30.5. The van der Waals surface area contributed by atoms with Gasteiger partial charge in [0.1, 0.15) is 75.7 Å². The predicted octanol–water partition coefficient (Wildman–Crippen LogP) is 28.6. The summed E-state index contributed by atoms with van der Waals surface area (Å²) < 4.78 is 44.5. The summed E-state index contributed by atoms with van der Waals surface area (Å²) in [6.07, 6.45) is 10.7. The number of hydrogen-bond acceptors (Lipinski definition) is 14. The Bertz CT molecular complexity index is 7950. The summed E-state index contributed by atoms with van der Waals surface area (Å²) in [7, 11) is 8.47. The van der Waals surface area contributed by atoms with Gasteiger partial charge in [0.25, 0.3) is 5.82 Å². The van der Waals surface area contributed by atoms with Gasteiger partial charge in [-0.05, 0) is 280 Å². The second kappa shape index (κ2) is 34.0. The Balaban J connectivity index is 0.000000110. The van der Waals surface area contributed by atoms with Crippen LogP contribution in [0.4, 0.5) is 68.3 Å². The number of aromatic nitrogens is 6.